The van der Waals surface area contributed by atoms with Gasteiger partial charge in [0.05, 0.1) is 12.1 Å². The van der Waals surface area contributed by atoms with Crippen LogP contribution in [0, 0.1) is 0 Å². The van der Waals surface area contributed by atoms with Crippen molar-refractivity contribution >= 4 is 12.1 Å². The molecule has 1 fully saturated rings. The summed E-state index contributed by atoms with van der Waals surface area (Å²) in [5, 5.41) is 3.19. The quantitative estimate of drug-likeness (QED) is 0.657. The molecule has 0 aromatic rings. The molecular weight excluding hydrogens is 204 g/mol. The zero-order valence-corrected chi connectivity index (χ0v) is 10.2. The van der Waals surface area contributed by atoms with Gasteiger partial charge in [-0.2, -0.15) is 0 Å². The van der Waals surface area contributed by atoms with Crippen LogP contribution in [0.3, 0.4) is 0 Å². The molecule has 1 heterocycles. The minimum Gasteiger partial charge on any atom is -0.302 e. The number of likely N-dealkylation sites (tertiary alicyclic amines) is 1. The maximum atomic E-state index is 11.5. The SMILES string of the molecule is CCCC(=O)[C@H](C)NCN1CCC[C@H]1C=O. The molecule has 0 bridgehead atoms. The number of nitrogens with one attached hydrogen (secondary N) is 1. The Balaban J connectivity index is 2.28. The molecule has 1 saturated heterocycles. The second-order valence-electron chi connectivity index (χ2n) is 4.46. The fourth-order valence-electron chi connectivity index (χ4n) is 2.03. The average molecular weight is 226 g/mol. The maximum absolute atomic E-state index is 11.5. The first-order valence-electron chi connectivity index (χ1n) is 6.14. The van der Waals surface area contributed by atoms with Crippen LogP contribution in [-0.4, -0.2) is 42.3 Å². The van der Waals surface area contributed by atoms with Crippen LogP contribution in [0.1, 0.15) is 39.5 Å². The van der Waals surface area contributed by atoms with Crippen LogP contribution in [0.4, 0.5) is 0 Å². The van der Waals surface area contributed by atoms with Crippen LogP contribution in [-0.2, 0) is 9.59 Å². The molecule has 0 unspecified atom stereocenters. The van der Waals surface area contributed by atoms with E-state index in [4.69, 9.17) is 0 Å². The molecule has 1 rings (SSSR count). The van der Waals surface area contributed by atoms with Gasteiger partial charge in [0.15, 0.2) is 0 Å². The summed E-state index contributed by atoms with van der Waals surface area (Å²) in [7, 11) is 0. The fraction of sp³-hybridized carbons (Fsp3) is 0.833. The maximum Gasteiger partial charge on any atom is 0.149 e. The number of ketones is 1. The van der Waals surface area contributed by atoms with E-state index >= 15 is 0 Å². The summed E-state index contributed by atoms with van der Waals surface area (Å²) in [5.74, 6) is 0.254. The lowest BCUT2D eigenvalue weighted by molar-refractivity contribution is -0.120. The normalized spacial score (nSPS) is 23.2. The van der Waals surface area contributed by atoms with Crippen LogP contribution < -0.4 is 5.32 Å². The van der Waals surface area contributed by atoms with Crippen molar-refractivity contribution in [3.8, 4) is 0 Å². The zero-order chi connectivity index (χ0) is 12.0. The largest absolute Gasteiger partial charge is 0.302 e. The van der Waals surface area contributed by atoms with E-state index in [9.17, 15) is 9.59 Å². The second-order valence-corrected chi connectivity index (χ2v) is 4.46. The number of hydrogen-bond donors (Lipinski definition) is 1. The van der Waals surface area contributed by atoms with Gasteiger partial charge in [0, 0.05) is 19.6 Å². The number of carbonyl (C=O) groups excluding carboxylic acids is 2. The van der Waals surface area contributed by atoms with Gasteiger partial charge in [-0.15, -0.1) is 0 Å². The highest BCUT2D eigenvalue weighted by Crippen LogP contribution is 2.13. The monoisotopic (exact) mass is 226 g/mol. The van der Waals surface area contributed by atoms with Gasteiger partial charge in [-0.3, -0.25) is 15.0 Å². The highest BCUT2D eigenvalue weighted by atomic mass is 16.1. The highest BCUT2D eigenvalue weighted by molar-refractivity contribution is 5.83. The minimum absolute atomic E-state index is 0.0426. The van der Waals surface area contributed by atoms with Crippen molar-refractivity contribution in [2.45, 2.75) is 51.6 Å². The molecule has 1 aliphatic heterocycles. The highest BCUT2D eigenvalue weighted by Gasteiger charge is 2.24. The third-order valence-corrected chi connectivity index (χ3v) is 3.15. The molecule has 0 aromatic heterocycles. The summed E-state index contributed by atoms with van der Waals surface area (Å²) >= 11 is 0. The number of hydrogen-bond acceptors (Lipinski definition) is 4. The molecule has 0 aromatic carbocycles. The molecular formula is C12H22N2O2. The molecule has 1 aliphatic rings. The number of rotatable bonds is 7. The summed E-state index contributed by atoms with van der Waals surface area (Å²) in [6.45, 7) is 5.49. The van der Waals surface area contributed by atoms with E-state index < -0.39 is 0 Å². The summed E-state index contributed by atoms with van der Waals surface area (Å²) in [4.78, 5) is 24.4. The third-order valence-electron chi connectivity index (χ3n) is 3.15. The Hall–Kier alpha value is -0.740. The molecule has 0 saturated carbocycles. The molecule has 0 radical (unpaired) electrons. The van der Waals surface area contributed by atoms with E-state index in [-0.39, 0.29) is 17.9 Å². The smallest absolute Gasteiger partial charge is 0.149 e. The molecule has 4 heteroatoms. The van der Waals surface area contributed by atoms with Crippen molar-refractivity contribution in [3.05, 3.63) is 0 Å². The van der Waals surface area contributed by atoms with Crippen molar-refractivity contribution in [1.82, 2.24) is 10.2 Å². The van der Waals surface area contributed by atoms with Crippen molar-refractivity contribution in [2.24, 2.45) is 0 Å². The van der Waals surface area contributed by atoms with Crippen molar-refractivity contribution in [1.29, 1.82) is 0 Å². The number of carbonyl (C=O) groups is 2. The van der Waals surface area contributed by atoms with E-state index in [2.05, 4.69) is 10.2 Å². The van der Waals surface area contributed by atoms with Gasteiger partial charge in [-0.25, -0.2) is 0 Å². The first-order valence-corrected chi connectivity index (χ1v) is 6.14. The number of nitrogens with zero attached hydrogens (tertiary/aromatic N) is 1. The van der Waals surface area contributed by atoms with E-state index in [1.807, 2.05) is 13.8 Å². The minimum atomic E-state index is -0.104. The van der Waals surface area contributed by atoms with Crippen LogP contribution in [0.2, 0.25) is 0 Å². The van der Waals surface area contributed by atoms with E-state index in [0.29, 0.717) is 13.1 Å². The third kappa shape index (κ3) is 3.68. The van der Waals surface area contributed by atoms with Gasteiger partial charge in [0.1, 0.15) is 12.1 Å². The van der Waals surface area contributed by atoms with Crippen LogP contribution >= 0.6 is 0 Å². The molecule has 92 valence electrons. The van der Waals surface area contributed by atoms with Crippen molar-refractivity contribution in [3.63, 3.8) is 0 Å². The summed E-state index contributed by atoms with van der Waals surface area (Å²) < 4.78 is 0. The first kappa shape index (κ1) is 13.3. The Morgan fingerprint density at radius 3 is 3.00 bits per heavy atom. The Bertz CT molecular complexity index is 243. The molecule has 16 heavy (non-hydrogen) atoms. The standard InChI is InChI=1S/C12H22N2O2/c1-3-5-12(16)10(2)13-9-14-7-4-6-11(14)8-15/h8,10-11,13H,3-7,9H2,1-2H3/t10-,11-/m0/s1. The second kappa shape index (κ2) is 6.76. The summed E-state index contributed by atoms with van der Waals surface area (Å²) in [5.41, 5.74) is 0. The van der Waals surface area contributed by atoms with Crippen molar-refractivity contribution < 1.29 is 9.59 Å². The Morgan fingerprint density at radius 2 is 2.38 bits per heavy atom. The van der Waals surface area contributed by atoms with Gasteiger partial charge in [0.25, 0.3) is 0 Å². The molecule has 0 amide bonds. The van der Waals surface area contributed by atoms with Crippen LogP contribution in [0.15, 0.2) is 0 Å². The van der Waals surface area contributed by atoms with E-state index in [1.54, 1.807) is 0 Å². The predicted octanol–water partition coefficient (Wildman–Crippen LogP) is 0.954. The lowest BCUT2D eigenvalue weighted by Gasteiger charge is -2.22. The zero-order valence-electron chi connectivity index (χ0n) is 10.2. The molecule has 2 atom stereocenters. The van der Waals surface area contributed by atoms with Gasteiger partial charge in [-0.05, 0) is 26.2 Å². The van der Waals surface area contributed by atoms with Gasteiger partial charge in [-0.1, -0.05) is 6.92 Å². The lowest BCUT2D eigenvalue weighted by Crippen LogP contribution is -2.44. The Kier molecular flexibility index (Phi) is 5.63. The summed E-state index contributed by atoms with van der Waals surface area (Å²) in [6.07, 6.45) is 4.55. The molecule has 1 N–H and O–H groups in total. The fourth-order valence-corrected chi connectivity index (χ4v) is 2.03. The molecule has 0 spiro atoms. The van der Waals surface area contributed by atoms with Gasteiger partial charge < -0.3 is 4.79 Å². The predicted molar refractivity (Wildman–Crippen MR) is 63.2 cm³/mol. The van der Waals surface area contributed by atoms with Gasteiger partial charge >= 0.3 is 0 Å². The van der Waals surface area contributed by atoms with E-state index in [0.717, 1.165) is 32.1 Å². The average Bonchev–Trinajstić information content (AvgIpc) is 2.73. The van der Waals surface area contributed by atoms with Crippen LogP contribution in [0.25, 0.3) is 0 Å². The van der Waals surface area contributed by atoms with Crippen molar-refractivity contribution in [2.75, 3.05) is 13.2 Å². The van der Waals surface area contributed by atoms with Gasteiger partial charge in [0.2, 0.25) is 0 Å². The Morgan fingerprint density at radius 1 is 1.62 bits per heavy atom. The number of Topliss-reactive ketones (excluding diaryl/α,β-unsaturated/α-hetero) is 1. The summed E-state index contributed by atoms with van der Waals surface area (Å²) in [6, 6.07) is -0.0613. The molecule has 4 nitrogen and oxygen atoms in total. The topological polar surface area (TPSA) is 49.4 Å². The van der Waals surface area contributed by atoms with E-state index in [1.165, 1.54) is 0 Å². The Labute approximate surface area is 97.4 Å². The lowest BCUT2D eigenvalue weighted by atomic mass is 10.1. The molecule has 0 aliphatic carbocycles. The first-order chi connectivity index (χ1) is 7.69. The number of aldehydes is 1. The van der Waals surface area contributed by atoms with Crippen LogP contribution in [0.5, 0.6) is 0 Å².